The predicted octanol–water partition coefficient (Wildman–Crippen LogP) is -0.622. The van der Waals surface area contributed by atoms with Crippen LogP contribution in [0.3, 0.4) is 0 Å². The number of hydrogen-bond acceptors (Lipinski definition) is 4. The van der Waals surface area contributed by atoms with Gasteiger partial charge in [0.2, 0.25) is 5.91 Å². The van der Waals surface area contributed by atoms with Crippen LogP contribution in [-0.4, -0.2) is 33.3 Å². The summed E-state index contributed by atoms with van der Waals surface area (Å²) in [6.07, 6.45) is 3.07. The van der Waals surface area contributed by atoms with Crippen LogP contribution in [-0.2, 0) is 11.3 Å². The number of nitrogens with two attached hydrogens (primary N) is 1. The van der Waals surface area contributed by atoms with E-state index in [-0.39, 0.29) is 11.8 Å². The van der Waals surface area contributed by atoms with Crippen molar-refractivity contribution in [3.05, 3.63) is 12.7 Å². The van der Waals surface area contributed by atoms with Gasteiger partial charge in [0.05, 0.1) is 12.6 Å². The van der Waals surface area contributed by atoms with Gasteiger partial charge in [-0.2, -0.15) is 5.10 Å². The maximum atomic E-state index is 11.4. The van der Waals surface area contributed by atoms with Gasteiger partial charge in [-0.3, -0.25) is 9.48 Å². The van der Waals surface area contributed by atoms with E-state index in [1.807, 2.05) is 13.8 Å². The van der Waals surface area contributed by atoms with Crippen molar-refractivity contribution in [1.82, 2.24) is 20.1 Å². The van der Waals surface area contributed by atoms with Crippen molar-refractivity contribution in [3.63, 3.8) is 0 Å². The molecule has 1 aromatic rings. The minimum atomic E-state index is -0.444. The molecule has 0 fully saturated rings. The number of amides is 1. The molecular formula is C9H17N5O. The first-order valence-corrected chi connectivity index (χ1v) is 4.97. The molecule has 0 unspecified atom stereocenters. The zero-order valence-corrected chi connectivity index (χ0v) is 9.05. The van der Waals surface area contributed by atoms with Gasteiger partial charge < -0.3 is 11.1 Å². The Hall–Kier alpha value is -1.43. The number of nitrogens with zero attached hydrogens (tertiary/aromatic N) is 3. The first-order valence-electron chi connectivity index (χ1n) is 4.97. The van der Waals surface area contributed by atoms with E-state index in [2.05, 4.69) is 15.4 Å². The largest absolute Gasteiger partial charge is 0.353 e. The molecule has 1 aromatic heterocycles. The van der Waals surface area contributed by atoms with E-state index >= 15 is 0 Å². The van der Waals surface area contributed by atoms with Gasteiger partial charge in [0.25, 0.3) is 0 Å². The lowest BCUT2D eigenvalue weighted by Gasteiger charge is -2.15. The fraction of sp³-hybridized carbons (Fsp3) is 0.667. The van der Waals surface area contributed by atoms with E-state index in [4.69, 9.17) is 5.73 Å². The number of hydrogen-bond donors (Lipinski definition) is 2. The third-order valence-electron chi connectivity index (χ3n) is 2.13. The summed E-state index contributed by atoms with van der Waals surface area (Å²) in [7, 11) is 0. The molecule has 0 radical (unpaired) electrons. The fourth-order valence-corrected chi connectivity index (χ4v) is 1.06. The molecule has 0 aliphatic carbocycles. The average Bonchev–Trinajstić information content (AvgIpc) is 2.69. The molecular weight excluding hydrogens is 194 g/mol. The predicted molar refractivity (Wildman–Crippen MR) is 55.8 cm³/mol. The van der Waals surface area contributed by atoms with Crippen LogP contribution in [0.2, 0.25) is 0 Å². The fourth-order valence-electron chi connectivity index (χ4n) is 1.06. The molecule has 6 heteroatoms. The maximum Gasteiger partial charge on any atom is 0.237 e. The summed E-state index contributed by atoms with van der Waals surface area (Å²) in [5.41, 5.74) is 5.67. The van der Waals surface area contributed by atoms with Gasteiger partial charge in [-0.25, -0.2) is 4.98 Å². The zero-order chi connectivity index (χ0) is 11.3. The highest BCUT2D eigenvalue weighted by atomic mass is 16.2. The molecule has 1 atom stereocenters. The average molecular weight is 211 g/mol. The van der Waals surface area contributed by atoms with E-state index in [1.54, 1.807) is 11.0 Å². The van der Waals surface area contributed by atoms with Gasteiger partial charge in [-0.1, -0.05) is 13.8 Å². The molecule has 0 aromatic carbocycles. The normalized spacial score (nSPS) is 12.8. The molecule has 1 rings (SSSR count). The molecule has 3 N–H and O–H groups in total. The van der Waals surface area contributed by atoms with Crippen molar-refractivity contribution in [3.8, 4) is 0 Å². The van der Waals surface area contributed by atoms with E-state index in [0.717, 1.165) is 0 Å². The van der Waals surface area contributed by atoms with Crippen LogP contribution in [0.1, 0.15) is 13.8 Å². The number of nitrogens with one attached hydrogen (secondary N) is 1. The first-order chi connectivity index (χ1) is 7.11. The van der Waals surface area contributed by atoms with Crippen LogP contribution in [0.25, 0.3) is 0 Å². The van der Waals surface area contributed by atoms with Crippen molar-refractivity contribution in [2.45, 2.75) is 26.4 Å². The topological polar surface area (TPSA) is 85.8 Å². The summed E-state index contributed by atoms with van der Waals surface area (Å²) in [6.45, 7) is 4.96. The van der Waals surface area contributed by atoms with Crippen molar-refractivity contribution >= 4 is 5.91 Å². The highest BCUT2D eigenvalue weighted by Crippen LogP contribution is 1.97. The van der Waals surface area contributed by atoms with E-state index in [1.165, 1.54) is 6.33 Å². The number of aromatic nitrogens is 3. The van der Waals surface area contributed by atoms with Gasteiger partial charge in [0.15, 0.2) is 0 Å². The summed E-state index contributed by atoms with van der Waals surface area (Å²) >= 11 is 0. The summed E-state index contributed by atoms with van der Waals surface area (Å²) < 4.78 is 1.65. The lowest BCUT2D eigenvalue weighted by molar-refractivity contribution is -0.123. The second-order valence-electron chi connectivity index (χ2n) is 3.72. The minimum absolute atomic E-state index is 0.120. The smallest absolute Gasteiger partial charge is 0.237 e. The summed E-state index contributed by atoms with van der Waals surface area (Å²) in [5.74, 6) is 0.0292. The number of carbonyl (C=O) groups is 1. The Bertz CT molecular complexity index is 295. The van der Waals surface area contributed by atoms with Crippen LogP contribution in [0.15, 0.2) is 12.7 Å². The molecule has 0 spiro atoms. The summed E-state index contributed by atoms with van der Waals surface area (Å²) in [5, 5.41) is 6.67. The molecule has 0 saturated carbocycles. The van der Waals surface area contributed by atoms with Gasteiger partial charge in [-0.05, 0) is 5.92 Å². The molecule has 15 heavy (non-hydrogen) atoms. The first kappa shape index (κ1) is 11.6. The van der Waals surface area contributed by atoms with Gasteiger partial charge in [0.1, 0.15) is 12.7 Å². The standard InChI is InChI=1S/C9H17N5O/c1-7(2)8(10)9(15)12-3-4-14-6-11-5-13-14/h5-8H,3-4,10H2,1-2H3,(H,12,15)/t8-/m0/s1. The molecule has 1 heterocycles. The Morgan fingerprint density at radius 2 is 2.33 bits per heavy atom. The summed E-state index contributed by atoms with van der Waals surface area (Å²) in [4.78, 5) is 15.2. The lowest BCUT2D eigenvalue weighted by Crippen LogP contribution is -2.44. The van der Waals surface area contributed by atoms with Gasteiger partial charge >= 0.3 is 0 Å². The quantitative estimate of drug-likeness (QED) is 0.679. The second kappa shape index (κ2) is 5.45. The van der Waals surface area contributed by atoms with Crippen molar-refractivity contribution in [1.29, 1.82) is 0 Å². The monoisotopic (exact) mass is 211 g/mol. The third kappa shape index (κ3) is 3.67. The van der Waals surface area contributed by atoms with Gasteiger partial charge in [0, 0.05) is 6.54 Å². The Balaban J connectivity index is 2.23. The maximum absolute atomic E-state index is 11.4. The van der Waals surface area contributed by atoms with Crippen LogP contribution in [0.4, 0.5) is 0 Å². The third-order valence-corrected chi connectivity index (χ3v) is 2.13. The highest BCUT2D eigenvalue weighted by Gasteiger charge is 2.16. The van der Waals surface area contributed by atoms with Crippen LogP contribution in [0, 0.1) is 5.92 Å². The van der Waals surface area contributed by atoms with Crippen molar-refractivity contribution in [2.24, 2.45) is 11.7 Å². The Kier molecular flexibility index (Phi) is 4.23. The van der Waals surface area contributed by atoms with Crippen molar-refractivity contribution < 1.29 is 4.79 Å². The highest BCUT2D eigenvalue weighted by molar-refractivity contribution is 5.81. The molecule has 6 nitrogen and oxygen atoms in total. The van der Waals surface area contributed by atoms with E-state index in [9.17, 15) is 4.79 Å². The van der Waals surface area contributed by atoms with Crippen LogP contribution in [0.5, 0.6) is 0 Å². The van der Waals surface area contributed by atoms with Crippen LogP contribution >= 0.6 is 0 Å². The Labute approximate surface area is 88.9 Å². The Morgan fingerprint density at radius 1 is 1.60 bits per heavy atom. The second-order valence-corrected chi connectivity index (χ2v) is 3.72. The van der Waals surface area contributed by atoms with Gasteiger partial charge in [-0.15, -0.1) is 0 Å². The molecule has 0 bridgehead atoms. The van der Waals surface area contributed by atoms with Crippen LogP contribution < -0.4 is 11.1 Å². The van der Waals surface area contributed by atoms with Crippen molar-refractivity contribution in [2.75, 3.05) is 6.54 Å². The molecule has 0 aliphatic rings. The zero-order valence-electron chi connectivity index (χ0n) is 9.05. The lowest BCUT2D eigenvalue weighted by atomic mass is 10.1. The van der Waals surface area contributed by atoms with E-state index < -0.39 is 6.04 Å². The number of carbonyl (C=O) groups excluding carboxylic acids is 1. The number of rotatable bonds is 5. The molecule has 0 saturated heterocycles. The Morgan fingerprint density at radius 3 is 2.87 bits per heavy atom. The molecule has 84 valence electrons. The summed E-state index contributed by atoms with van der Waals surface area (Å²) in [6, 6.07) is -0.444. The minimum Gasteiger partial charge on any atom is -0.353 e. The molecule has 0 aliphatic heterocycles. The SMILES string of the molecule is CC(C)[C@H](N)C(=O)NCCn1cncn1. The molecule has 1 amide bonds. The van der Waals surface area contributed by atoms with E-state index in [0.29, 0.717) is 13.1 Å².